The van der Waals surface area contributed by atoms with Gasteiger partial charge in [0.15, 0.2) is 0 Å². The van der Waals surface area contributed by atoms with Crippen molar-refractivity contribution >= 4 is 0 Å². The van der Waals surface area contributed by atoms with Crippen molar-refractivity contribution in [1.29, 1.82) is 0 Å². The van der Waals surface area contributed by atoms with E-state index in [-0.39, 0.29) is 0 Å². The summed E-state index contributed by atoms with van der Waals surface area (Å²) in [4.78, 5) is 6.98. The summed E-state index contributed by atoms with van der Waals surface area (Å²) in [5.41, 5.74) is 2.40. The lowest BCUT2D eigenvalue weighted by Gasteiger charge is -2.25. The minimum Gasteiger partial charge on any atom is -0.378 e. The standard InChI is InChI=1S/C15H27N3O/c1-12-13(2)18(4)15(16-12)11-17(3)9-8-14-7-5-6-10-19-14/h14H,5-11H2,1-4H3/t14-/m1/s1. The molecule has 2 rings (SSSR count). The summed E-state index contributed by atoms with van der Waals surface area (Å²) in [6, 6.07) is 0. The fourth-order valence-corrected chi connectivity index (χ4v) is 2.65. The zero-order chi connectivity index (χ0) is 13.8. The van der Waals surface area contributed by atoms with Crippen LogP contribution in [-0.4, -0.2) is 40.8 Å². The van der Waals surface area contributed by atoms with Crippen molar-refractivity contribution in [3.05, 3.63) is 17.2 Å². The molecule has 0 amide bonds. The highest BCUT2D eigenvalue weighted by Crippen LogP contribution is 2.16. The Balaban J connectivity index is 1.80. The minimum atomic E-state index is 0.473. The summed E-state index contributed by atoms with van der Waals surface area (Å²) in [7, 11) is 4.27. The van der Waals surface area contributed by atoms with Gasteiger partial charge in [0.2, 0.25) is 0 Å². The topological polar surface area (TPSA) is 30.3 Å². The summed E-state index contributed by atoms with van der Waals surface area (Å²) in [5.74, 6) is 1.15. The molecule has 0 bridgehead atoms. The van der Waals surface area contributed by atoms with Crippen LogP contribution in [0.4, 0.5) is 0 Å². The van der Waals surface area contributed by atoms with Crippen LogP contribution in [0.1, 0.15) is 42.9 Å². The molecule has 1 aromatic heterocycles. The molecule has 0 aromatic carbocycles. The number of hydrogen-bond donors (Lipinski definition) is 0. The summed E-state index contributed by atoms with van der Waals surface area (Å²) >= 11 is 0. The molecule has 0 spiro atoms. The van der Waals surface area contributed by atoms with Crippen LogP contribution in [-0.2, 0) is 18.3 Å². The fourth-order valence-electron chi connectivity index (χ4n) is 2.65. The van der Waals surface area contributed by atoms with Gasteiger partial charge in [0.1, 0.15) is 5.82 Å². The molecule has 1 saturated heterocycles. The number of rotatable bonds is 5. The first-order chi connectivity index (χ1) is 9.08. The maximum atomic E-state index is 5.78. The Morgan fingerprint density at radius 1 is 1.37 bits per heavy atom. The number of imidazole rings is 1. The van der Waals surface area contributed by atoms with Gasteiger partial charge in [-0.2, -0.15) is 0 Å². The smallest absolute Gasteiger partial charge is 0.123 e. The molecule has 19 heavy (non-hydrogen) atoms. The van der Waals surface area contributed by atoms with Gasteiger partial charge in [0.25, 0.3) is 0 Å². The van der Waals surface area contributed by atoms with Gasteiger partial charge in [-0.3, -0.25) is 4.90 Å². The first kappa shape index (κ1) is 14.5. The number of nitrogens with zero attached hydrogens (tertiary/aromatic N) is 3. The molecule has 2 heterocycles. The van der Waals surface area contributed by atoms with E-state index in [0.717, 1.165) is 37.6 Å². The molecule has 1 atom stereocenters. The molecular formula is C15H27N3O. The van der Waals surface area contributed by atoms with Gasteiger partial charge in [-0.1, -0.05) is 0 Å². The molecule has 4 nitrogen and oxygen atoms in total. The van der Waals surface area contributed by atoms with Crippen molar-refractivity contribution < 1.29 is 4.74 Å². The van der Waals surface area contributed by atoms with Crippen LogP contribution >= 0.6 is 0 Å². The van der Waals surface area contributed by atoms with Crippen LogP contribution in [0.25, 0.3) is 0 Å². The van der Waals surface area contributed by atoms with Gasteiger partial charge in [-0.05, 0) is 46.6 Å². The highest BCUT2D eigenvalue weighted by molar-refractivity contribution is 5.13. The zero-order valence-corrected chi connectivity index (χ0v) is 12.8. The number of ether oxygens (including phenoxy) is 1. The third-order valence-corrected chi connectivity index (χ3v) is 4.23. The SMILES string of the molecule is Cc1nc(CN(C)CC[C@H]2CCCCO2)n(C)c1C. The highest BCUT2D eigenvalue weighted by atomic mass is 16.5. The van der Waals surface area contributed by atoms with Crippen molar-refractivity contribution in [1.82, 2.24) is 14.5 Å². The van der Waals surface area contributed by atoms with Crippen LogP contribution in [0.2, 0.25) is 0 Å². The van der Waals surface area contributed by atoms with Gasteiger partial charge in [-0.15, -0.1) is 0 Å². The molecule has 0 N–H and O–H groups in total. The quantitative estimate of drug-likeness (QED) is 0.819. The number of aryl methyl sites for hydroxylation is 1. The minimum absolute atomic E-state index is 0.473. The average molecular weight is 265 g/mol. The Hall–Kier alpha value is -0.870. The number of aromatic nitrogens is 2. The van der Waals surface area contributed by atoms with Gasteiger partial charge >= 0.3 is 0 Å². The first-order valence-electron chi connectivity index (χ1n) is 7.37. The molecule has 1 aliphatic heterocycles. The molecule has 108 valence electrons. The maximum absolute atomic E-state index is 5.78. The predicted octanol–water partition coefficient (Wildman–Crippen LogP) is 2.43. The van der Waals surface area contributed by atoms with E-state index in [1.807, 2.05) is 0 Å². The van der Waals surface area contributed by atoms with Crippen molar-refractivity contribution in [2.45, 2.75) is 52.2 Å². The van der Waals surface area contributed by atoms with Crippen molar-refractivity contribution in [3.8, 4) is 0 Å². The van der Waals surface area contributed by atoms with Crippen LogP contribution in [0.3, 0.4) is 0 Å². The van der Waals surface area contributed by atoms with E-state index in [1.54, 1.807) is 0 Å². The molecule has 0 radical (unpaired) electrons. The molecule has 0 saturated carbocycles. The van der Waals surface area contributed by atoms with Crippen molar-refractivity contribution in [2.75, 3.05) is 20.2 Å². The molecule has 0 unspecified atom stereocenters. The Kier molecular flexibility index (Phi) is 4.99. The lowest BCUT2D eigenvalue weighted by molar-refractivity contribution is 0.00628. The predicted molar refractivity (Wildman–Crippen MR) is 77.2 cm³/mol. The molecule has 1 aliphatic rings. The van der Waals surface area contributed by atoms with Crippen molar-refractivity contribution in [3.63, 3.8) is 0 Å². The van der Waals surface area contributed by atoms with E-state index in [0.29, 0.717) is 6.10 Å². The van der Waals surface area contributed by atoms with Gasteiger partial charge in [0, 0.05) is 25.9 Å². The van der Waals surface area contributed by atoms with Crippen LogP contribution in [0.5, 0.6) is 0 Å². The second-order valence-electron chi connectivity index (χ2n) is 5.77. The Bertz CT molecular complexity index is 408. The summed E-state index contributed by atoms with van der Waals surface area (Å²) in [5, 5.41) is 0. The summed E-state index contributed by atoms with van der Waals surface area (Å²) in [6.45, 7) is 7.15. The van der Waals surface area contributed by atoms with E-state index in [9.17, 15) is 0 Å². The Labute approximate surface area is 116 Å². The molecule has 1 aromatic rings. The van der Waals surface area contributed by atoms with Crippen LogP contribution < -0.4 is 0 Å². The van der Waals surface area contributed by atoms with Gasteiger partial charge < -0.3 is 9.30 Å². The normalized spacial score (nSPS) is 20.2. The summed E-state index contributed by atoms with van der Waals surface area (Å²) in [6.07, 6.45) is 5.40. The molecular weight excluding hydrogens is 238 g/mol. The Morgan fingerprint density at radius 2 is 2.16 bits per heavy atom. The number of hydrogen-bond acceptors (Lipinski definition) is 3. The first-order valence-corrected chi connectivity index (χ1v) is 7.37. The van der Waals surface area contributed by atoms with Gasteiger partial charge in [-0.25, -0.2) is 4.98 Å². The molecule has 0 aliphatic carbocycles. The molecule has 1 fully saturated rings. The van der Waals surface area contributed by atoms with Crippen LogP contribution in [0.15, 0.2) is 0 Å². The van der Waals surface area contributed by atoms with Gasteiger partial charge in [0.05, 0.1) is 18.3 Å². The summed E-state index contributed by atoms with van der Waals surface area (Å²) < 4.78 is 7.98. The highest BCUT2D eigenvalue weighted by Gasteiger charge is 2.15. The third-order valence-electron chi connectivity index (χ3n) is 4.23. The van der Waals surface area contributed by atoms with E-state index in [4.69, 9.17) is 4.74 Å². The zero-order valence-electron chi connectivity index (χ0n) is 12.8. The lowest BCUT2D eigenvalue weighted by atomic mass is 10.1. The second-order valence-corrected chi connectivity index (χ2v) is 5.77. The Morgan fingerprint density at radius 3 is 2.74 bits per heavy atom. The fraction of sp³-hybridized carbons (Fsp3) is 0.800. The maximum Gasteiger partial charge on any atom is 0.123 e. The second kappa shape index (κ2) is 6.53. The molecule has 4 heteroatoms. The van der Waals surface area contributed by atoms with E-state index < -0.39 is 0 Å². The van der Waals surface area contributed by atoms with Crippen LogP contribution in [0, 0.1) is 13.8 Å². The average Bonchev–Trinajstić information content (AvgIpc) is 2.65. The third kappa shape index (κ3) is 3.80. The van der Waals surface area contributed by atoms with E-state index >= 15 is 0 Å². The lowest BCUT2D eigenvalue weighted by Crippen LogP contribution is -2.27. The monoisotopic (exact) mass is 265 g/mol. The van der Waals surface area contributed by atoms with Crippen molar-refractivity contribution in [2.24, 2.45) is 7.05 Å². The van der Waals surface area contributed by atoms with E-state index in [2.05, 4.69) is 42.4 Å². The van der Waals surface area contributed by atoms with E-state index in [1.165, 1.54) is 25.0 Å². The largest absolute Gasteiger partial charge is 0.378 e.